The Morgan fingerprint density at radius 1 is 1.29 bits per heavy atom. The highest BCUT2D eigenvalue weighted by atomic mass is 79.9. The van der Waals surface area contributed by atoms with Crippen LogP contribution in [0.2, 0.25) is 0 Å². The first kappa shape index (κ1) is 14.5. The lowest BCUT2D eigenvalue weighted by atomic mass is 10.3. The zero-order valence-corrected chi connectivity index (χ0v) is 12.9. The predicted molar refractivity (Wildman–Crippen MR) is 78.1 cm³/mol. The first-order valence-electron chi connectivity index (χ1n) is 6.95. The van der Waals surface area contributed by atoms with Gasteiger partial charge in [0.25, 0.3) is 0 Å². The summed E-state index contributed by atoms with van der Waals surface area (Å²) in [6.07, 6.45) is 6.69. The molecule has 0 aliphatic heterocycles. The van der Waals surface area contributed by atoms with Crippen molar-refractivity contribution in [2.45, 2.75) is 38.3 Å². The second-order valence-corrected chi connectivity index (χ2v) is 6.13. The fourth-order valence-electron chi connectivity index (χ4n) is 2.62. The number of hydrogen-bond donors (Lipinski definition) is 0. The Balaban J connectivity index is 1.68. The topological polar surface area (TPSA) is 27.1 Å². The molecule has 0 amide bonds. The largest absolute Gasteiger partial charge is 0.484 e. The molecule has 0 radical (unpaired) electrons. The van der Waals surface area contributed by atoms with Crippen molar-refractivity contribution in [3.05, 3.63) is 46.2 Å². The molecule has 1 fully saturated rings. The van der Waals surface area contributed by atoms with Crippen LogP contribution in [0.15, 0.2) is 28.9 Å². The van der Waals surface area contributed by atoms with E-state index in [1.165, 1.54) is 18.9 Å². The van der Waals surface area contributed by atoms with Gasteiger partial charge in [0.1, 0.15) is 6.61 Å². The highest BCUT2D eigenvalue weighted by Crippen LogP contribution is 2.29. The number of ether oxygens (including phenoxy) is 1. The summed E-state index contributed by atoms with van der Waals surface area (Å²) >= 11 is 3.12. The lowest BCUT2D eigenvalue weighted by Gasteiger charge is -2.09. The number of rotatable bonds is 4. The second-order valence-electron chi connectivity index (χ2n) is 5.21. The van der Waals surface area contributed by atoms with Crippen LogP contribution in [0.25, 0.3) is 0 Å². The summed E-state index contributed by atoms with van der Waals surface area (Å²) in [6, 6.07) is 4.78. The molecule has 6 heteroatoms. The van der Waals surface area contributed by atoms with Gasteiger partial charge in [0, 0.05) is 10.7 Å². The van der Waals surface area contributed by atoms with Crippen LogP contribution >= 0.6 is 15.9 Å². The maximum absolute atomic E-state index is 13.6. The molecule has 112 valence electrons. The van der Waals surface area contributed by atoms with Gasteiger partial charge in [-0.25, -0.2) is 4.39 Å². The predicted octanol–water partition coefficient (Wildman–Crippen LogP) is 4.62. The molecule has 0 bridgehead atoms. The van der Waals surface area contributed by atoms with Crippen LogP contribution < -0.4 is 4.74 Å². The summed E-state index contributed by atoms with van der Waals surface area (Å²) < 4.78 is 34.6. The van der Waals surface area contributed by atoms with Crippen molar-refractivity contribution in [3.63, 3.8) is 0 Å². The Bertz CT molecular complexity index is 639. The van der Waals surface area contributed by atoms with Crippen molar-refractivity contribution in [3.8, 4) is 5.75 Å². The monoisotopic (exact) mass is 356 g/mol. The van der Waals surface area contributed by atoms with E-state index in [9.17, 15) is 8.78 Å². The molecule has 1 aromatic heterocycles. The van der Waals surface area contributed by atoms with E-state index in [1.807, 2.05) is 16.9 Å². The van der Waals surface area contributed by atoms with Gasteiger partial charge in [0.15, 0.2) is 11.6 Å². The molecule has 0 N–H and O–H groups in total. The minimum Gasteiger partial charge on any atom is -0.484 e. The molecule has 2 aromatic rings. The molecular formula is C15H15BrF2N2O. The molecule has 0 atom stereocenters. The van der Waals surface area contributed by atoms with E-state index in [2.05, 4.69) is 21.0 Å². The maximum Gasteiger partial charge on any atom is 0.200 e. The minimum absolute atomic E-state index is 0.114. The molecule has 0 unspecified atom stereocenters. The van der Waals surface area contributed by atoms with Gasteiger partial charge in [0.2, 0.25) is 5.82 Å². The zero-order valence-electron chi connectivity index (χ0n) is 11.4. The molecular weight excluding hydrogens is 342 g/mol. The van der Waals surface area contributed by atoms with Crippen molar-refractivity contribution < 1.29 is 13.5 Å². The Labute approximate surface area is 130 Å². The minimum atomic E-state index is -0.978. The van der Waals surface area contributed by atoms with E-state index in [0.717, 1.165) is 18.9 Å². The van der Waals surface area contributed by atoms with Crippen LogP contribution in [-0.2, 0) is 6.61 Å². The number of hydrogen-bond acceptors (Lipinski definition) is 2. The van der Waals surface area contributed by atoms with E-state index >= 15 is 0 Å². The van der Waals surface area contributed by atoms with Crippen LogP contribution in [0, 0.1) is 11.6 Å². The van der Waals surface area contributed by atoms with Gasteiger partial charge < -0.3 is 4.74 Å². The van der Waals surface area contributed by atoms with Crippen LogP contribution in [-0.4, -0.2) is 9.78 Å². The Kier molecular flexibility index (Phi) is 4.24. The van der Waals surface area contributed by atoms with E-state index < -0.39 is 11.6 Å². The molecule has 21 heavy (non-hydrogen) atoms. The van der Waals surface area contributed by atoms with Gasteiger partial charge in [-0.2, -0.15) is 9.49 Å². The zero-order chi connectivity index (χ0) is 14.8. The first-order valence-corrected chi connectivity index (χ1v) is 7.74. The third kappa shape index (κ3) is 3.26. The molecule has 3 rings (SSSR count). The summed E-state index contributed by atoms with van der Waals surface area (Å²) in [6.45, 7) is 0.118. The van der Waals surface area contributed by atoms with E-state index in [-0.39, 0.29) is 12.4 Å². The van der Waals surface area contributed by atoms with Gasteiger partial charge in [0.05, 0.1) is 11.7 Å². The standard InChI is InChI=1S/C15H15BrF2N2O/c16-10-7-13(17)15(18)14(8-10)21-9-11-5-6-20(19-11)12-3-1-2-4-12/h5-8,12H,1-4,9H2. The quantitative estimate of drug-likeness (QED) is 0.747. The normalized spacial score (nSPS) is 15.6. The molecule has 1 aliphatic carbocycles. The molecule has 1 aromatic carbocycles. The Morgan fingerprint density at radius 2 is 2.05 bits per heavy atom. The van der Waals surface area contributed by atoms with Crippen LogP contribution in [0.3, 0.4) is 0 Å². The third-order valence-corrected chi connectivity index (χ3v) is 4.16. The van der Waals surface area contributed by atoms with Crippen molar-refractivity contribution >= 4 is 15.9 Å². The van der Waals surface area contributed by atoms with E-state index in [4.69, 9.17) is 4.74 Å². The van der Waals surface area contributed by atoms with E-state index in [1.54, 1.807) is 0 Å². The average molecular weight is 357 g/mol. The van der Waals surface area contributed by atoms with Crippen molar-refractivity contribution in [2.24, 2.45) is 0 Å². The van der Waals surface area contributed by atoms with Gasteiger partial charge >= 0.3 is 0 Å². The summed E-state index contributed by atoms with van der Waals surface area (Å²) in [5.41, 5.74) is 0.710. The lowest BCUT2D eigenvalue weighted by molar-refractivity contribution is 0.277. The maximum atomic E-state index is 13.6. The molecule has 1 aliphatic rings. The Hall–Kier alpha value is -1.43. The van der Waals surface area contributed by atoms with Crippen molar-refractivity contribution in [1.29, 1.82) is 0 Å². The van der Waals surface area contributed by atoms with Crippen molar-refractivity contribution in [2.75, 3.05) is 0 Å². The van der Waals surface area contributed by atoms with Gasteiger partial charge in [-0.15, -0.1) is 0 Å². The SMILES string of the molecule is Fc1cc(Br)cc(OCc2ccn(C3CCCC3)n2)c1F. The van der Waals surface area contributed by atoms with Gasteiger partial charge in [-0.05, 0) is 31.0 Å². The number of nitrogens with zero attached hydrogens (tertiary/aromatic N) is 2. The summed E-state index contributed by atoms with van der Waals surface area (Å²) in [7, 11) is 0. The Morgan fingerprint density at radius 3 is 2.81 bits per heavy atom. The van der Waals surface area contributed by atoms with Gasteiger partial charge in [-0.1, -0.05) is 28.8 Å². The van der Waals surface area contributed by atoms with Crippen molar-refractivity contribution in [1.82, 2.24) is 9.78 Å². The number of aromatic nitrogens is 2. The third-order valence-electron chi connectivity index (χ3n) is 3.70. The summed E-state index contributed by atoms with van der Waals surface area (Å²) in [5.74, 6) is -2.03. The molecule has 3 nitrogen and oxygen atoms in total. The fourth-order valence-corrected chi connectivity index (χ4v) is 3.02. The summed E-state index contributed by atoms with van der Waals surface area (Å²) in [4.78, 5) is 0. The highest BCUT2D eigenvalue weighted by Gasteiger charge is 2.18. The van der Waals surface area contributed by atoms with E-state index in [0.29, 0.717) is 16.2 Å². The van der Waals surface area contributed by atoms with Crippen LogP contribution in [0.4, 0.5) is 8.78 Å². The fraction of sp³-hybridized carbons (Fsp3) is 0.400. The second kappa shape index (κ2) is 6.13. The summed E-state index contributed by atoms with van der Waals surface area (Å²) in [5, 5.41) is 4.45. The molecule has 0 saturated heterocycles. The molecule has 0 spiro atoms. The van der Waals surface area contributed by atoms with Gasteiger partial charge in [-0.3, -0.25) is 4.68 Å². The van der Waals surface area contributed by atoms with Crippen LogP contribution in [0.5, 0.6) is 5.75 Å². The molecule has 1 heterocycles. The first-order chi connectivity index (χ1) is 10.1. The molecule has 1 saturated carbocycles. The smallest absolute Gasteiger partial charge is 0.200 e. The highest BCUT2D eigenvalue weighted by molar-refractivity contribution is 9.10. The van der Waals surface area contributed by atoms with Crippen LogP contribution in [0.1, 0.15) is 37.4 Å². The lowest BCUT2D eigenvalue weighted by Crippen LogP contribution is -2.06. The average Bonchev–Trinajstić information content (AvgIpc) is 3.11. The number of benzene rings is 1. The number of halogens is 3.